The summed E-state index contributed by atoms with van der Waals surface area (Å²) in [5.41, 5.74) is -0.768. The van der Waals surface area contributed by atoms with Crippen LogP contribution in [0.1, 0.15) is 12.0 Å². The largest absolute Gasteiger partial charge is 0.419 e. The van der Waals surface area contributed by atoms with Gasteiger partial charge in [-0.05, 0) is 18.6 Å². The van der Waals surface area contributed by atoms with E-state index in [-0.39, 0.29) is 12.4 Å². The summed E-state index contributed by atoms with van der Waals surface area (Å²) in [6.45, 7) is 4.25. The van der Waals surface area contributed by atoms with E-state index in [1.54, 1.807) is 14.2 Å². The van der Waals surface area contributed by atoms with Crippen LogP contribution in [0.15, 0.2) is 23.3 Å². The van der Waals surface area contributed by atoms with Crippen LogP contribution in [0.3, 0.4) is 0 Å². The average molecular weight is 403 g/mol. The van der Waals surface area contributed by atoms with Crippen molar-refractivity contribution in [1.29, 1.82) is 0 Å². The quantitative estimate of drug-likeness (QED) is 0.374. The van der Waals surface area contributed by atoms with Crippen molar-refractivity contribution in [2.24, 2.45) is 10.9 Å². The second kappa shape index (κ2) is 11.1. The third kappa shape index (κ3) is 6.83. The lowest BCUT2D eigenvalue weighted by atomic mass is 10.1. The lowest BCUT2D eigenvalue weighted by Crippen LogP contribution is -2.42. The van der Waals surface area contributed by atoms with Gasteiger partial charge in [0.25, 0.3) is 0 Å². The smallest absolute Gasteiger partial charge is 0.382 e. The Balaban J connectivity index is 1.74. The number of pyridine rings is 1. The van der Waals surface area contributed by atoms with Crippen molar-refractivity contribution in [3.8, 4) is 0 Å². The molecular formula is C18H28F3N5O2. The molecule has 0 aromatic carbocycles. The number of ether oxygens (including phenoxy) is 2. The minimum absolute atomic E-state index is 0.166. The van der Waals surface area contributed by atoms with E-state index < -0.39 is 11.7 Å². The minimum atomic E-state index is -4.43. The third-order valence-corrected chi connectivity index (χ3v) is 4.40. The Hall–Kier alpha value is -2.07. The van der Waals surface area contributed by atoms with Crippen molar-refractivity contribution in [2.45, 2.75) is 12.6 Å². The van der Waals surface area contributed by atoms with Crippen LogP contribution in [-0.4, -0.2) is 76.0 Å². The molecule has 1 saturated heterocycles. The number of likely N-dealkylation sites (tertiary alicyclic amines) is 1. The molecule has 1 aliphatic heterocycles. The molecule has 2 rings (SSSR count). The number of aromatic nitrogens is 1. The Morgan fingerprint density at radius 2 is 2.18 bits per heavy atom. The number of nitrogens with zero attached hydrogens (tertiary/aromatic N) is 3. The van der Waals surface area contributed by atoms with Crippen molar-refractivity contribution in [3.05, 3.63) is 23.9 Å². The van der Waals surface area contributed by atoms with Gasteiger partial charge in [0.1, 0.15) is 5.82 Å². The minimum Gasteiger partial charge on any atom is -0.382 e. The molecule has 0 amide bonds. The Labute approximate surface area is 163 Å². The zero-order valence-electron chi connectivity index (χ0n) is 16.3. The van der Waals surface area contributed by atoms with E-state index in [4.69, 9.17) is 9.47 Å². The van der Waals surface area contributed by atoms with Crippen molar-refractivity contribution < 1.29 is 22.6 Å². The highest BCUT2D eigenvalue weighted by Crippen LogP contribution is 2.33. The van der Waals surface area contributed by atoms with Gasteiger partial charge in [0.15, 0.2) is 5.96 Å². The number of hydrogen-bond donors (Lipinski definition) is 2. The Bertz CT molecular complexity index is 627. The molecule has 2 N–H and O–H groups in total. The predicted octanol–water partition coefficient (Wildman–Crippen LogP) is 2.07. The molecule has 0 spiro atoms. The summed E-state index contributed by atoms with van der Waals surface area (Å²) >= 11 is 0. The molecule has 0 aliphatic carbocycles. The normalized spacial score (nSPS) is 17.8. The van der Waals surface area contributed by atoms with Crippen LogP contribution in [-0.2, 0) is 15.7 Å². The van der Waals surface area contributed by atoms with Gasteiger partial charge >= 0.3 is 6.18 Å². The molecule has 10 heteroatoms. The highest BCUT2D eigenvalue weighted by atomic mass is 19.4. The second-order valence-corrected chi connectivity index (χ2v) is 6.47. The zero-order chi connectivity index (χ0) is 20.4. The Morgan fingerprint density at radius 1 is 1.36 bits per heavy atom. The molecule has 7 nitrogen and oxygen atoms in total. The van der Waals surface area contributed by atoms with E-state index in [1.807, 2.05) is 0 Å². The van der Waals surface area contributed by atoms with Gasteiger partial charge in [-0.25, -0.2) is 4.98 Å². The first-order chi connectivity index (χ1) is 13.5. The molecule has 0 radical (unpaired) electrons. The second-order valence-electron chi connectivity index (χ2n) is 6.47. The van der Waals surface area contributed by atoms with E-state index in [1.165, 1.54) is 12.3 Å². The highest BCUT2D eigenvalue weighted by Gasteiger charge is 2.34. The maximum Gasteiger partial charge on any atom is 0.419 e. The number of alkyl halides is 3. The molecule has 1 aliphatic rings. The molecule has 158 valence electrons. The van der Waals surface area contributed by atoms with Crippen LogP contribution < -0.4 is 10.6 Å². The number of rotatable bonds is 9. The van der Waals surface area contributed by atoms with E-state index in [0.717, 1.165) is 31.5 Å². The molecule has 28 heavy (non-hydrogen) atoms. The molecule has 1 fully saturated rings. The van der Waals surface area contributed by atoms with Gasteiger partial charge in [-0.3, -0.25) is 4.99 Å². The third-order valence-electron chi connectivity index (χ3n) is 4.40. The standard InChI is InChI=1S/C18H28F3N5O2/c1-22-17(26-9-5-14(12-26)13-28-11-10-27-2)25-8-7-24-16-15(18(19,20)21)4-3-6-23-16/h3-4,6,14H,5,7-13H2,1-2H3,(H,22,25)(H,23,24). The number of hydrogen-bond acceptors (Lipinski definition) is 5. The monoisotopic (exact) mass is 403 g/mol. The van der Waals surface area contributed by atoms with E-state index in [9.17, 15) is 13.2 Å². The van der Waals surface area contributed by atoms with Gasteiger partial charge < -0.3 is 25.0 Å². The lowest BCUT2D eigenvalue weighted by Gasteiger charge is -2.22. The van der Waals surface area contributed by atoms with Crippen molar-refractivity contribution in [3.63, 3.8) is 0 Å². The summed E-state index contributed by atoms with van der Waals surface area (Å²) in [7, 11) is 3.33. The van der Waals surface area contributed by atoms with Crippen molar-refractivity contribution in [1.82, 2.24) is 15.2 Å². The summed E-state index contributed by atoms with van der Waals surface area (Å²) in [5, 5.41) is 5.92. The number of halogens is 3. The highest BCUT2D eigenvalue weighted by molar-refractivity contribution is 5.80. The van der Waals surface area contributed by atoms with Gasteiger partial charge in [-0.15, -0.1) is 0 Å². The van der Waals surface area contributed by atoms with Gasteiger partial charge in [-0.2, -0.15) is 13.2 Å². The van der Waals surface area contributed by atoms with Crippen LogP contribution in [0.25, 0.3) is 0 Å². The van der Waals surface area contributed by atoms with Crippen LogP contribution in [0.2, 0.25) is 0 Å². The summed E-state index contributed by atoms with van der Waals surface area (Å²) < 4.78 is 49.5. The molecule has 0 saturated carbocycles. The molecule has 1 aromatic heterocycles. The van der Waals surface area contributed by atoms with E-state index in [2.05, 4.69) is 25.5 Å². The fraction of sp³-hybridized carbons (Fsp3) is 0.667. The lowest BCUT2D eigenvalue weighted by molar-refractivity contribution is -0.137. The number of nitrogens with one attached hydrogen (secondary N) is 2. The fourth-order valence-corrected chi connectivity index (χ4v) is 3.02. The molecular weight excluding hydrogens is 375 g/mol. The number of methoxy groups -OCH3 is 1. The van der Waals surface area contributed by atoms with Crippen LogP contribution in [0.5, 0.6) is 0 Å². The Morgan fingerprint density at radius 3 is 2.89 bits per heavy atom. The van der Waals surface area contributed by atoms with Gasteiger partial charge in [0.2, 0.25) is 0 Å². The SMILES string of the molecule is CN=C(NCCNc1ncccc1C(F)(F)F)N1CCC(COCCOC)C1. The summed E-state index contributed by atoms with van der Waals surface area (Å²) in [6, 6.07) is 2.29. The first-order valence-corrected chi connectivity index (χ1v) is 9.24. The summed E-state index contributed by atoms with van der Waals surface area (Å²) in [4.78, 5) is 10.2. The first-order valence-electron chi connectivity index (χ1n) is 9.24. The summed E-state index contributed by atoms with van der Waals surface area (Å²) in [6.07, 6.45) is -2.09. The number of guanidine groups is 1. The Kier molecular flexibility index (Phi) is 8.78. The number of aliphatic imine (C=N–C) groups is 1. The van der Waals surface area contributed by atoms with Gasteiger partial charge in [-0.1, -0.05) is 0 Å². The first kappa shape index (κ1) is 22.2. The average Bonchev–Trinajstić information content (AvgIpc) is 3.13. The van der Waals surface area contributed by atoms with E-state index in [0.29, 0.717) is 32.3 Å². The van der Waals surface area contributed by atoms with Gasteiger partial charge in [0.05, 0.1) is 25.4 Å². The van der Waals surface area contributed by atoms with Crippen LogP contribution in [0.4, 0.5) is 19.0 Å². The molecule has 1 atom stereocenters. The van der Waals surface area contributed by atoms with Crippen molar-refractivity contribution >= 4 is 11.8 Å². The molecule has 2 heterocycles. The van der Waals surface area contributed by atoms with E-state index >= 15 is 0 Å². The maximum atomic E-state index is 13.0. The predicted molar refractivity (Wildman–Crippen MR) is 101 cm³/mol. The van der Waals surface area contributed by atoms with Crippen molar-refractivity contribution in [2.75, 3.05) is 65.5 Å². The zero-order valence-corrected chi connectivity index (χ0v) is 16.3. The fourth-order valence-electron chi connectivity index (χ4n) is 3.02. The maximum absolute atomic E-state index is 13.0. The summed E-state index contributed by atoms with van der Waals surface area (Å²) in [5.74, 6) is 0.996. The number of anilines is 1. The topological polar surface area (TPSA) is 71.0 Å². The molecule has 0 bridgehead atoms. The van der Waals surface area contributed by atoms with Gasteiger partial charge in [0, 0.05) is 52.5 Å². The molecule has 1 aromatic rings. The van der Waals surface area contributed by atoms with Crippen LogP contribution >= 0.6 is 0 Å². The van der Waals surface area contributed by atoms with Crippen LogP contribution in [0, 0.1) is 5.92 Å². The molecule has 1 unspecified atom stereocenters.